The number of esters is 1. The van der Waals surface area contributed by atoms with Crippen LogP contribution in [0.4, 0.5) is 17.2 Å². The number of carbonyl (C=O) groups is 1. The highest BCUT2D eigenvalue weighted by molar-refractivity contribution is 5.97. The zero-order valence-electron chi connectivity index (χ0n) is 16.4. The number of methoxy groups -OCH3 is 2. The number of para-hydroxylation sites is 3. The molecule has 154 valence electrons. The Bertz CT molecular complexity index is 1090. The van der Waals surface area contributed by atoms with E-state index in [2.05, 4.69) is 9.97 Å². The molecular weight excluding hydrogens is 392 g/mol. The van der Waals surface area contributed by atoms with Crippen molar-refractivity contribution >= 4 is 23.2 Å². The fourth-order valence-corrected chi connectivity index (χ4v) is 2.80. The van der Waals surface area contributed by atoms with Gasteiger partial charge in [0.05, 0.1) is 30.4 Å². The van der Waals surface area contributed by atoms with Crippen molar-refractivity contribution in [3.05, 3.63) is 70.5 Å². The lowest BCUT2D eigenvalue weighted by Crippen LogP contribution is -2.18. The molecule has 0 amide bonds. The summed E-state index contributed by atoms with van der Waals surface area (Å²) in [6.07, 6.45) is 1.14. The Labute approximate surface area is 171 Å². The first-order valence-electron chi connectivity index (χ1n) is 8.69. The Balaban J connectivity index is 2.10. The minimum Gasteiger partial charge on any atom is -0.493 e. The quantitative estimate of drug-likeness (QED) is 0.326. The van der Waals surface area contributed by atoms with Crippen LogP contribution in [0.15, 0.2) is 54.9 Å². The molecule has 0 N–H and O–H groups in total. The van der Waals surface area contributed by atoms with Gasteiger partial charge in [0.1, 0.15) is 6.33 Å². The average Bonchev–Trinajstić information content (AvgIpc) is 2.78. The van der Waals surface area contributed by atoms with E-state index in [0.717, 1.165) is 6.33 Å². The molecular formula is C20H18N4O6. The average molecular weight is 410 g/mol. The molecule has 0 aliphatic rings. The first kappa shape index (κ1) is 20.5. The SMILES string of the molecule is COC(=O)c1ccccc1N(C)c1ncnc(Oc2ccccc2OC)c1[N+](=O)[O-]. The Morgan fingerprint density at radius 3 is 2.37 bits per heavy atom. The predicted octanol–water partition coefficient (Wildman–Crippen LogP) is 3.74. The second-order valence-electron chi connectivity index (χ2n) is 5.93. The first-order valence-corrected chi connectivity index (χ1v) is 8.69. The van der Waals surface area contributed by atoms with Crippen LogP contribution in [0, 0.1) is 10.1 Å². The molecule has 0 aliphatic carbocycles. The van der Waals surface area contributed by atoms with Crippen molar-refractivity contribution in [2.45, 2.75) is 0 Å². The smallest absolute Gasteiger partial charge is 0.373 e. The number of ether oxygens (including phenoxy) is 3. The highest BCUT2D eigenvalue weighted by Gasteiger charge is 2.30. The third-order valence-electron chi connectivity index (χ3n) is 4.22. The van der Waals surface area contributed by atoms with E-state index in [1.54, 1.807) is 55.6 Å². The fraction of sp³-hybridized carbons (Fsp3) is 0.150. The molecule has 0 saturated carbocycles. The van der Waals surface area contributed by atoms with E-state index in [4.69, 9.17) is 14.2 Å². The zero-order chi connectivity index (χ0) is 21.7. The number of rotatable bonds is 7. The number of carbonyl (C=O) groups excluding carboxylic acids is 1. The van der Waals surface area contributed by atoms with Gasteiger partial charge < -0.3 is 19.1 Å². The number of hydrogen-bond acceptors (Lipinski definition) is 9. The van der Waals surface area contributed by atoms with Crippen LogP contribution in [0.5, 0.6) is 17.4 Å². The van der Waals surface area contributed by atoms with Gasteiger partial charge in [0.2, 0.25) is 5.82 Å². The molecule has 3 rings (SSSR count). The molecule has 3 aromatic rings. The topological polar surface area (TPSA) is 117 Å². The Hall–Kier alpha value is -4.21. The normalized spacial score (nSPS) is 10.2. The van der Waals surface area contributed by atoms with Crippen LogP contribution >= 0.6 is 0 Å². The van der Waals surface area contributed by atoms with Gasteiger partial charge in [-0.05, 0) is 24.3 Å². The van der Waals surface area contributed by atoms with Gasteiger partial charge in [-0.25, -0.2) is 9.78 Å². The molecule has 30 heavy (non-hydrogen) atoms. The number of nitrogens with zero attached hydrogens (tertiary/aromatic N) is 4. The molecule has 10 heteroatoms. The maximum atomic E-state index is 12.1. The number of nitro groups is 1. The van der Waals surface area contributed by atoms with Crippen LogP contribution in [0.1, 0.15) is 10.4 Å². The summed E-state index contributed by atoms with van der Waals surface area (Å²) in [5, 5.41) is 11.9. The highest BCUT2D eigenvalue weighted by atomic mass is 16.6. The molecule has 0 radical (unpaired) electrons. The van der Waals surface area contributed by atoms with Crippen LogP contribution in [-0.4, -0.2) is 42.1 Å². The monoisotopic (exact) mass is 410 g/mol. The molecule has 2 aromatic carbocycles. The summed E-state index contributed by atoms with van der Waals surface area (Å²) in [6, 6.07) is 13.2. The molecule has 1 heterocycles. The predicted molar refractivity (Wildman–Crippen MR) is 108 cm³/mol. The van der Waals surface area contributed by atoms with Gasteiger partial charge >= 0.3 is 17.5 Å². The summed E-state index contributed by atoms with van der Waals surface area (Å²) in [4.78, 5) is 32.8. The summed E-state index contributed by atoms with van der Waals surface area (Å²) >= 11 is 0. The van der Waals surface area contributed by atoms with E-state index >= 15 is 0 Å². The summed E-state index contributed by atoms with van der Waals surface area (Å²) < 4.78 is 15.7. The van der Waals surface area contributed by atoms with Crippen molar-refractivity contribution in [1.82, 2.24) is 9.97 Å². The van der Waals surface area contributed by atoms with Gasteiger partial charge in [-0.2, -0.15) is 4.98 Å². The van der Waals surface area contributed by atoms with E-state index in [0.29, 0.717) is 11.4 Å². The van der Waals surface area contributed by atoms with Gasteiger partial charge in [0.25, 0.3) is 0 Å². The van der Waals surface area contributed by atoms with Crippen molar-refractivity contribution in [2.24, 2.45) is 0 Å². The maximum absolute atomic E-state index is 12.1. The second-order valence-corrected chi connectivity index (χ2v) is 5.93. The van der Waals surface area contributed by atoms with Crippen molar-refractivity contribution < 1.29 is 23.9 Å². The van der Waals surface area contributed by atoms with E-state index < -0.39 is 16.6 Å². The van der Waals surface area contributed by atoms with Crippen molar-refractivity contribution in [3.8, 4) is 17.4 Å². The summed E-state index contributed by atoms with van der Waals surface area (Å²) in [6.45, 7) is 0. The number of hydrogen-bond donors (Lipinski definition) is 0. The maximum Gasteiger partial charge on any atom is 0.373 e. The van der Waals surface area contributed by atoms with Crippen LogP contribution < -0.4 is 14.4 Å². The molecule has 0 spiro atoms. The zero-order valence-corrected chi connectivity index (χ0v) is 16.4. The van der Waals surface area contributed by atoms with Gasteiger partial charge in [0, 0.05) is 7.05 Å². The van der Waals surface area contributed by atoms with Crippen LogP contribution in [-0.2, 0) is 4.74 Å². The molecule has 0 atom stereocenters. The molecule has 10 nitrogen and oxygen atoms in total. The van der Waals surface area contributed by atoms with E-state index in [-0.39, 0.29) is 23.0 Å². The molecule has 1 aromatic heterocycles. The summed E-state index contributed by atoms with van der Waals surface area (Å²) in [5.74, 6) is -0.269. The van der Waals surface area contributed by atoms with Gasteiger partial charge in [-0.15, -0.1) is 0 Å². The third kappa shape index (κ3) is 3.97. The Kier molecular flexibility index (Phi) is 6.06. The van der Waals surface area contributed by atoms with Crippen molar-refractivity contribution in [2.75, 3.05) is 26.2 Å². The largest absolute Gasteiger partial charge is 0.493 e. The number of anilines is 2. The van der Waals surface area contributed by atoms with Gasteiger partial charge in [-0.3, -0.25) is 10.1 Å². The van der Waals surface area contributed by atoms with E-state index in [1.165, 1.54) is 19.1 Å². The molecule has 0 unspecified atom stereocenters. The molecule has 0 fully saturated rings. The van der Waals surface area contributed by atoms with Gasteiger partial charge in [-0.1, -0.05) is 24.3 Å². The molecule has 0 aliphatic heterocycles. The minimum atomic E-state index is -0.642. The molecule has 0 bridgehead atoms. The van der Waals surface area contributed by atoms with E-state index in [9.17, 15) is 14.9 Å². The third-order valence-corrected chi connectivity index (χ3v) is 4.22. The summed E-state index contributed by atoms with van der Waals surface area (Å²) in [7, 11) is 4.26. The Morgan fingerprint density at radius 2 is 1.70 bits per heavy atom. The van der Waals surface area contributed by atoms with E-state index in [1.807, 2.05) is 0 Å². The van der Waals surface area contributed by atoms with Gasteiger partial charge in [0.15, 0.2) is 11.5 Å². The lowest BCUT2D eigenvalue weighted by molar-refractivity contribution is -0.385. The lowest BCUT2D eigenvalue weighted by Gasteiger charge is -2.21. The Morgan fingerprint density at radius 1 is 1.03 bits per heavy atom. The highest BCUT2D eigenvalue weighted by Crippen LogP contribution is 2.40. The van der Waals surface area contributed by atoms with Crippen molar-refractivity contribution in [3.63, 3.8) is 0 Å². The minimum absolute atomic E-state index is 0.0590. The second kappa shape index (κ2) is 8.86. The standard InChI is InChI=1S/C20H18N4O6/c1-23(14-9-5-4-8-13(14)20(25)29-3)18-17(24(26)27)19(22-12-21-18)30-16-11-7-6-10-15(16)28-2/h4-12H,1-3H3. The lowest BCUT2D eigenvalue weighted by atomic mass is 10.1. The number of benzene rings is 2. The van der Waals surface area contributed by atoms with Crippen LogP contribution in [0.2, 0.25) is 0 Å². The first-order chi connectivity index (χ1) is 14.5. The van der Waals surface area contributed by atoms with Crippen LogP contribution in [0.25, 0.3) is 0 Å². The van der Waals surface area contributed by atoms with Crippen LogP contribution in [0.3, 0.4) is 0 Å². The summed E-state index contributed by atoms with van der Waals surface area (Å²) in [5.41, 5.74) is 0.127. The number of aromatic nitrogens is 2. The molecule has 0 saturated heterocycles. The van der Waals surface area contributed by atoms with Crippen molar-refractivity contribution in [1.29, 1.82) is 0 Å². The fourth-order valence-electron chi connectivity index (χ4n) is 2.80.